The van der Waals surface area contributed by atoms with Gasteiger partial charge in [0.05, 0.1) is 10.5 Å². The van der Waals surface area contributed by atoms with E-state index in [9.17, 15) is 14.9 Å². The first-order valence-electron chi connectivity index (χ1n) is 7.36. The van der Waals surface area contributed by atoms with E-state index in [1.807, 2.05) is 0 Å². The Kier molecular flexibility index (Phi) is 4.77. The standard InChI is InChI=1S/C15H21N3O3/c1-2-11-5-4-9-17(10-8-11)15(19)12-6-3-7-13(14(12)16)18(20)21/h3,6-7,11H,2,4-5,8-10,16H2,1H3. The van der Waals surface area contributed by atoms with E-state index in [1.165, 1.54) is 12.1 Å². The molecule has 1 aliphatic heterocycles. The molecule has 1 aromatic carbocycles. The van der Waals surface area contributed by atoms with Crippen LogP contribution in [0.2, 0.25) is 0 Å². The zero-order valence-corrected chi connectivity index (χ0v) is 12.2. The average molecular weight is 291 g/mol. The molecule has 2 N–H and O–H groups in total. The predicted octanol–water partition coefficient (Wildman–Crippen LogP) is 2.83. The van der Waals surface area contributed by atoms with E-state index in [-0.39, 0.29) is 22.8 Å². The lowest BCUT2D eigenvalue weighted by Gasteiger charge is -2.21. The molecule has 1 atom stereocenters. The molecule has 2 rings (SSSR count). The van der Waals surface area contributed by atoms with Gasteiger partial charge in [0, 0.05) is 19.2 Å². The summed E-state index contributed by atoms with van der Waals surface area (Å²) in [6.45, 7) is 3.55. The molecule has 1 amide bonds. The van der Waals surface area contributed by atoms with Crippen LogP contribution in [0.15, 0.2) is 18.2 Å². The van der Waals surface area contributed by atoms with E-state index in [0.717, 1.165) is 25.7 Å². The van der Waals surface area contributed by atoms with Crippen molar-refractivity contribution in [1.82, 2.24) is 4.90 Å². The average Bonchev–Trinajstić information content (AvgIpc) is 2.71. The molecule has 1 aromatic rings. The second-order valence-corrected chi connectivity index (χ2v) is 5.49. The topological polar surface area (TPSA) is 89.5 Å². The molecular weight excluding hydrogens is 270 g/mol. The summed E-state index contributed by atoms with van der Waals surface area (Å²) in [5.41, 5.74) is 5.79. The molecule has 1 heterocycles. The normalized spacial score (nSPS) is 19.1. The van der Waals surface area contributed by atoms with Crippen molar-refractivity contribution in [2.75, 3.05) is 18.8 Å². The zero-order chi connectivity index (χ0) is 15.4. The van der Waals surface area contributed by atoms with Gasteiger partial charge in [-0.1, -0.05) is 19.4 Å². The first-order valence-corrected chi connectivity index (χ1v) is 7.36. The van der Waals surface area contributed by atoms with Crippen molar-refractivity contribution in [3.63, 3.8) is 0 Å². The summed E-state index contributed by atoms with van der Waals surface area (Å²) in [6, 6.07) is 4.39. The second kappa shape index (κ2) is 6.56. The molecule has 0 bridgehead atoms. The fourth-order valence-electron chi connectivity index (χ4n) is 2.85. The summed E-state index contributed by atoms with van der Waals surface area (Å²) < 4.78 is 0. The van der Waals surface area contributed by atoms with Crippen LogP contribution >= 0.6 is 0 Å². The lowest BCUT2D eigenvalue weighted by molar-refractivity contribution is -0.383. The first kappa shape index (κ1) is 15.3. The van der Waals surface area contributed by atoms with Crippen molar-refractivity contribution >= 4 is 17.3 Å². The molecule has 0 radical (unpaired) electrons. The maximum absolute atomic E-state index is 12.6. The maximum atomic E-state index is 12.6. The molecule has 0 aromatic heterocycles. The quantitative estimate of drug-likeness (QED) is 0.527. The van der Waals surface area contributed by atoms with Gasteiger partial charge >= 0.3 is 0 Å². The van der Waals surface area contributed by atoms with Crippen molar-refractivity contribution < 1.29 is 9.72 Å². The number of hydrogen-bond acceptors (Lipinski definition) is 4. The number of nitrogens with two attached hydrogens (primary N) is 1. The Labute approximate surface area is 124 Å². The molecule has 1 aliphatic rings. The molecule has 1 fully saturated rings. The van der Waals surface area contributed by atoms with Crippen LogP contribution in [-0.2, 0) is 0 Å². The van der Waals surface area contributed by atoms with Crippen molar-refractivity contribution in [1.29, 1.82) is 0 Å². The number of benzene rings is 1. The molecule has 0 aliphatic carbocycles. The second-order valence-electron chi connectivity index (χ2n) is 5.49. The number of nitrogens with zero attached hydrogens (tertiary/aromatic N) is 2. The molecule has 1 unspecified atom stereocenters. The summed E-state index contributed by atoms with van der Waals surface area (Å²) >= 11 is 0. The van der Waals surface area contributed by atoms with Gasteiger partial charge in [-0.15, -0.1) is 0 Å². The maximum Gasteiger partial charge on any atom is 0.292 e. The van der Waals surface area contributed by atoms with Crippen LogP contribution in [0.25, 0.3) is 0 Å². The minimum absolute atomic E-state index is 0.0382. The van der Waals surface area contributed by atoms with Gasteiger partial charge in [0.25, 0.3) is 11.6 Å². The Morgan fingerprint density at radius 2 is 2.19 bits per heavy atom. The molecule has 0 saturated carbocycles. The molecule has 1 saturated heterocycles. The van der Waals surface area contributed by atoms with Gasteiger partial charge in [-0.05, 0) is 31.2 Å². The van der Waals surface area contributed by atoms with Gasteiger partial charge < -0.3 is 10.6 Å². The lowest BCUT2D eigenvalue weighted by atomic mass is 9.98. The minimum Gasteiger partial charge on any atom is -0.393 e. The highest BCUT2D eigenvalue weighted by molar-refractivity contribution is 6.01. The first-order chi connectivity index (χ1) is 10.0. The molecule has 0 spiro atoms. The Hall–Kier alpha value is -2.11. The number of rotatable bonds is 3. The van der Waals surface area contributed by atoms with Crippen LogP contribution in [-0.4, -0.2) is 28.8 Å². The van der Waals surface area contributed by atoms with Crippen molar-refractivity contribution in [3.05, 3.63) is 33.9 Å². The summed E-state index contributed by atoms with van der Waals surface area (Å²) in [4.78, 5) is 24.7. The van der Waals surface area contributed by atoms with Crippen LogP contribution in [0.3, 0.4) is 0 Å². The van der Waals surface area contributed by atoms with E-state index >= 15 is 0 Å². The Morgan fingerprint density at radius 3 is 2.86 bits per heavy atom. The third-order valence-corrected chi connectivity index (χ3v) is 4.22. The smallest absolute Gasteiger partial charge is 0.292 e. The highest BCUT2D eigenvalue weighted by atomic mass is 16.6. The number of carbonyl (C=O) groups is 1. The number of nitro groups is 1. The van der Waals surface area contributed by atoms with Crippen LogP contribution in [0, 0.1) is 16.0 Å². The summed E-state index contributed by atoms with van der Waals surface area (Å²) in [6.07, 6.45) is 4.21. The van der Waals surface area contributed by atoms with Crippen LogP contribution in [0.1, 0.15) is 43.0 Å². The predicted molar refractivity (Wildman–Crippen MR) is 81.0 cm³/mol. The highest BCUT2D eigenvalue weighted by Crippen LogP contribution is 2.27. The number of carbonyl (C=O) groups excluding carboxylic acids is 1. The number of hydrogen-bond donors (Lipinski definition) is 1. The van der Waals surface area contributed by atoms with E-state index < -0.39 is 4.92 Å². The molecule has 6 nitrogen and oxygen atoms in total. The van der Waals surface area contributed by atoms with Crippen LogP contribution < -0.4 is 5.73 Å². The van der Waals surface area contributed by atoms with E-state index in [2.05, 4.69) is 6.92 Å². The van der Waals surface area contributed by atoms with Crippen LogP contribution in [0.4, 0.5) is 11.4 Å². The third kappa shape index (κ3) is 3.32. The molecule has 6 heteroatoms. The number of likely N-dealkylation sites (tertiary alicyclic amines) is 1. The monoisotopic (exact) mass is 291 g/mol. The lowest BCUT2D eigenvalue weighted by Crippen LogP contribution is -2.32. The Balaban J connectivity index is 2.20. The van der Waals surface area contributed by atoms with Gasteiger partial charge in [0.2, 0.25) is 0 Å². The molecule has 114 valence electrons. The number of para-hydroxylation sites is 1. The highest BCUT2D eigenvalue weighted by Gasteiger charge is 2.25. The number of nitro benzene ring substituents is 1. The third-order valence-electron chi connectivity index (χ3n) is 4.22. The van der Waals surface area contributed by atoms with Gasteiger partial charge in [0.15, 0.2) is 0 Å². The van der Waals surface area contributed by atoms with E-state index in [0.29, 0.717) is 19.0 Å². The van der Waals surface area contributed by atoms with Gasteiger partial charge in [0.1, 0.15) is 5.69 Å². The van der Waals surface area contributed by atoms with Gasteiger partial charge in [-0.2, -0.15) is 0 Å². The van der Waals surface area contributed by atoms with Crippen molar-refractivity contribution in [2.45, 2.75) is 32.6 Å². The fraction of sp³-hybridized carbons (Fsp3) is 0.533. The Bertz CT molecular complexity index is 545. The largest absolute Gasteiger partial charge is 0.393 e. The summed E-state index contributed by atoms with van der Waals surface area (Å²) in [5.74, 6) is 0.457. The summed E-state index contributed by atoms with van der Waals surface area (Å²) in [7, 11) is 0. The summed E-state index contributed by atoms with van der Waals surface area (Å²) in [5, 5.41) is 10.9. The number of amides is 1. The fourth-order valence-corrected chi connectivity index (χ4v) is 2.85. The zero-order valence-electron chi connectivity index (χ0n) is 12.2. The molecule has 21 heavy (non-hydrogen) atoms. The molecular formula is C15H21N3O3. The van der Waals surface area contributed by atoms with E-state index in [4.69, 9.17) is 5.73 Å². The van der Waals surface area contributed by atoms with Crippen LogP contribution in [0.5, 0.6) is 0 Å². The Morgan fingerprint density at radius 1 is 1.43 bits per heavy atom. The number of nitrogen functional groups attached to an aromatic ring is 1. The number of anilines is 1. The van der Waals surface area contributed by atoms with Gasteiger partial charge in [-0.25, -0.2) is 0 Å². The van der Waals surface area contributed by atoms with E-state index in [1.54, 1.807) is 11.0 Å². The van der Waals surface area contributed by atoms with Gasteiger partial charge in [-0.3, -0.25) is 14.9 Å². The van der Waals surface area contributed by atoms with Crippen molar-refractivity contribution in [3.8, 4) is 0 Å². The minimum atomic E-state index is -0.554. The SMILES string of the molecule is CCC1CCCN(C(=O)c2cccc([N+](=O)[O-])c2N)CC1. The van der Waals surface area contributed by atoms with Crippen molar-refractivity contribution in [2.24, 2.45) is 5.92 Å².